The summed E-state index contributed by atoms with van der Waals surface area (Å²) >= 11 is 0. The molecule has 108 valence electrons. The highest BCUT2D eigenvalue weighted by Crippen LogP contribution is 2.35. The first-order valence-electron chi connectivity index (χ1n) is 7.00. The van der Waals surface area contributed by atoms with Gasteiger partial charge in [0.15, 0.2) is 0 Å². The van der Waals surface area contributed by atoms with Crippen LogP contribution < -0.4 is 0 Å². The molecule has 4 rings (SSSR count). The molecule has 1 aliphatic heterocycles. The van der Waals surface area contributed by atoms with Crippen LogP contribution in [0.15, 0.2) is 48.5 Å². The lowest BCUT2D eigenvalue weighted by molar-refractivity contribution is -0.384. The molecule has 0 aliphatic carbocycles. The summed E-state index contributed by atoms with van der Waals surface area (Å²) in [6.07, 6.45) is 0.937. The third-order valence-corrected chi connectivity index (χ3v) is 3.95. The van der Waals surface area contributed by atoms with Gasteiger partial charge in [-0.05, 0) is 24.1 Å². The lowest BCUT2D eigenvalue weighted by atomic mass is 9.95. The fraction of sp³-hybridized carbons (Fsp3) is 0.125. The first-order chi connectivity index (χ1) is 10.7. The molecule has 22 heavy (non-hydrogen) atoms. The second-order valence-corrected chi connectivity index (χ2v) is 5.22. The Balaban J connectivity index is 1.86. The van der Waals surface area contributed by atoms with Crippen molar-refractivity contribution in [2.75, 3.05) is 0 Å². The van der Waals surface area contributed by atoms with Crippen molar-refractivity contribution in [2.24, 2.45) is 0 Å². The number of fused-ring (bicyclic) bond motifs is 3. The van der Waals surface area contributed by atoms with E-state index in [1.807, 2.05) is 16.8 Å². The minimum Gasteiger partial charge on any atom is -0.258 e. The first kappa shape index (κ1) is 12.7. The number of aryl methyl sites for hydroxylation is 2. The fourth-order valence-electron chi connectivity index (χ4n) is 2.87. The highest BCUT2D eigenvalue weighted by atomic mass is 16.6. The Morgan fingerprint density at radius 3 is 2.64 bits per heavy atom. The minimum atomic E-state index is -0.403. The molecule has 6 nitrogen and oxygen atoms in total. The summed E-state index contributed by atoms with van der Waals surface area (Å²) < 4.78 is 1.90. The summed E-state index contributed by atoms with van der Waals surface area (Å²) in [5.74, 6) is 0. The van der Waals surface area contributed by atoms with Crippen LogP contribution in [0.4, 0.5) is 5.69 Å². The van der Waals surface area contributed by atoms with Gasteiger partial charge in [-0.3, -0.25) is 10.1 Å². The van der Waals surface area contributed by atoms with Crippen LogP contribution in [0.5, 0.6) is 0 Å². The van der Waals surface area contributed by atoms with Gasteiger partial charge in [-0.1, -0.05) is 29.5 Å². The van der Waals surface area contributed by atoms with Gasteiger partial charge in [-0.2, -0.15) is 0 Å². The van der Waals surface area contributed by atoms with E-state index in [0.29, 0.717) is 0 Å². The number of non-ortho nitro benzene ring substituents is 1. The van der Waals surface area contributed by atoms with Crippen LogP contribution in [0, 0.1) is 10.1 Å². The fourth-order valence-corrected chi connectivity index (χ4v) is 2.87. The molecule has 0 saturated heterocycles. The van der Waals surface area contributed by atoms with Crippen molar-refractivity contribution < 1.29 is 4.92 Å². The van der Waals surface area contributed by atoms with E-state index in [9.17, 15) is 10.1 Å². The van der Waals surface area contributed by atoms with Gasteiger partial charge in [0.25, 0.3) is 5.69 Å². The molecule has 1 aliphatic rings. The van der Waals surface area contributed by atoms with Crippen molar-refractivity contribution in [3.8, 4) is 22.5 Å². The molecule has 0 saturated carbocycles. The molecular formula is C16H12N4O2. The maximum atomic E-state index is 10.8. The van der Waals surface area contributed by atoms with E-state index in [0.717, 1.165) is 35.5 Å². The van der Waals surface area contributed by atoms with Gasteiger partial charge in [-0.25, -0.2) is 4.68 Å². The zero-order chi connectivity index (χ0) is 15.1. The number of aromatic nitrogens is 3. The van der Waals surface area contributed by atoms with Gasteiger partial charge in [0.05, 0.1) is 10.6 Å². The lowest BCUT2D eigenvalue weighted by Gasteiger charge is -2.17. The number of nitrogens with zero attached hydrogens (tertiary/aromatic N) is 4. The van der Waals surface area contributed by atoms with Crippen molar-refractivity contribution in [1.82, 2.24) is 15.0 Å². The molecule has 6 heteroatoms. The molecular weight excluding hydrogens is 280 g/mol. The van der Waals surface area contributed by atoms with E-state index >= 15 is 0 Å². The summed E-state index contributed by atoms with van der Waals surface area (Å²) in [5.41, 5.74) is 5.07. The van der Waals surface area contributed by atoms with E-state index < -0.39 is 4.92 Å². The molecule has 0 radical (unpaired) electrons. The maximum Gasteiger partial charge on any atom is 0.269 e. The predicted octanol–water partition coefficient (Wildman–Crippen LogP) is 3.08. The van der Waals surface area contributed by atoms with E-state index in [2.05, 4.69) is 22.4 Å². The number of nitro groups is 1. The Bertz CT molecular complexity index is 868. The molecule has 0 atom stereocenters. The molecule has 0 spiro atoms. The van der Waals surface area contributed by atoms with Gasteiger partial charge in [0, 0.05) is 29.8 Å². The van der Waals surface area contributed by atoms with Crippen molar-refractivity contribution >= 4 is 5.69 Å². The van der Waals surface area contributed by atoms with Crippen LogP contribution in [0.3, 0.4) is 0 Å². The van der Waals surface area contributed by atoms with Crippen LogP contribution in [0.25, 0.3) is 22.5 Å². The van der Waals surface area contributed by atoms with Gasteiger partial charge < -0.3 is 0 Å². The van der Waals surface area contributed by atoms with Gasteiger partial charge in [-0.15, -0.1) is 5.10 Å². The second kappa shape index (κ2) is 4.77. The van der Waals surface area contributed by atoms with Gasteiger partial charge in [0.1, 0.15) is 5.69 Å². The molecule has 2 heterocycles. The molecule has 0 unspecified atom stereocenters. The van der Waals surface area contributed by atoms with Crippen molar-refractivity contribution in [3.63, 3.8) is 0 Å². The van der Waals surface area contributed by atoms with Crippen LogP contribution >= 0.6 is 0 Å². The normalized spacial score (nSPS) is 12.5. The third kappa shape index (κ3) is 1.88. The monoisotopic (exact) mass is 292 g/mol. The van der Waals surface area contributed by atoms with Gasteiger partial charge in [0.2, 0.25) is 0 Å². The van der Waals surface area contributed by atoms with E-state index in [1.54, 1.807) is 12.1 Å². The molecule has 0 amide bonds. The summed E-state index contributed by atoms with van der Waals surface area (Å²) in [4.78, 5) is 10.4. The number of hydrogen-bond donors (Lipinski definition) is 0. The Morgan fingerprint density at radius 2 is 1.86 bits per heavy atom. The van der Waals surface area contributed by atoms with E-state index in [-0.39, 0.29) is 5.69 Å². The second-order valence-electron chi connectivity index (χ2n) is 5.22. The summed E-state index contributed by atoms with van der Waals surface area (Å²) in [5, 5.41) is 19.3. The highest BCUT2D eigenvalue weighted by Gasteiger charge is 2.22. The van der Waals surface area contributed by atoms with E-state index in [4.69, 9.17) is 0 Å². The summed E-state index contributed by atoms with van der Waals surface area (Å²) in [6.45, 7) is 0.798. The smallest absolute Gasteiger partial charge is 0.258 e. The SMILES string of the molecule is O=[N+]([O-])c1ccc(-c2nnn3c2-c2ccccc2CC3)cc1. The van der Waals surface area contributed by atoms with Crippen LogP contribution in [-0.4, -0.2) is 19.9 Å². The number of hydrogen-bond acceptors (Lipinski definition) is 4. The molecule has 1 aromatic heterocycles. The largest absolute Gasteiger partial charge is 0.269 e. The lowest BCUT2D eigenvalue weighted by Crippen LogP contribution is -2.11. The van der Waals surface area contributed by atoms with Crippen LogP contribution in [0.1, 0.15) is 5.56 Å². The average Bonchev–Trinajstić information content (AvgIpc) is 2.99. The minimum absolute atomic E-state index is 0.0742. The van der Waals surface area contributed by atoms with Crippen LogP contribution in [-0.2, 0) is 13.0 Å². The first-order valence-corrected chi connectivity index (χ1v) is 7.00. The Labute approximate surface area is 126 Å². The van der Waals surface area contributed by atoms with Crippen molar-refractivity contribution in [3.05, 3.63) is 64.2 Å². The predicted molar refractivity (Wildman–Crippen MR) is 81.3 cm³/mol. The van der Waals surface area contributed by atoms with Crippen LogP contribution in [0.2, 0.25) is 0 Å². The summed E-state index contributed by atoms with van der Waals surface area (Å²) in [6, 6.07) is 14.7. The number of benzene rings is 2. The topological polar surface area (TPSA) is 73.8 Å². The van der Waals surface area contributed by atoms with Crippen molar-refractivity contribution in [2.45, 2.75) is 13.0 Å². The Morgan fingerprint density at radius 1 is 1.09 bits per heavy atom. The molecule has 3 aromatic rings. The standard InChI is InChI=1S/C16H12N4O2/c21-20(22)13-7-5-12(6-8-13)15-16-14-4-2-1-3-11(14)9-10-19(16)18-17-15/h1-8H,9-10H2. The van der Waals surface area contributed by atoms with E-state index in [1.165, 1.54) is 17.7 Å². The molecule has 2 aromatic carbocycles. The zero-order valence-corrected chi connectivity index (χ0v) is 11.6. The molecule has 0 N–H and O–H groups in total. The third-order valence-electron chi connectivity index (χ3n) is 3.95. The molecule has 0 fully saturated rings. The number of rotatable bonds is 2. The molecule has 0 bridgehead atoms. The summed E-state index contributed by atoms with van der Waals surface area (Å²) in [7, 11) is 0. The highest BCUT2D eigenvalue weighted by molar-refractivity contribution is 5.80. The van der Waals surface area contributed by atoms with Crippen molar-refractivity contribution in [1.29, 1.82) is 0 Å². The Kier molecular flexibility index (Phi) is 2.75. The zero-order valence-electron chi connectivity index (χ0n) is 11.6. The Hall–Kier alpha value is -3.02. The average molecular weight is 292 g/mol. The quantitative estimate of drug-likeness (QED) is 0.537. The van der Waals surface area contributed by atoms with Gasteiger partial charge >= 0.3 is 0 Å². The maximum absolute atomic E-state index is 10.8. The number of nitro benzene ring substituents is 1.